The second kappa shape index (κ2) is 6.47. The maximum absolute atomic E-state index is 12.8. The van der Waals surface area contributed by atoms with Crippen LogP contribution in [0.15, 0.2) is 24.3 Å². The second-order valence-electron chi connectivity index (χ2n) is 4.84. The molecular formula is C14H18FN3O2. The summed E-state index contributed by atoms with van der Waals surface area (Å²) in [5.74, 6) is -0.707. The van der Waals surface area contributed by atoms with E-state index in [0.717, 1.165) is 13.0 Å². The van der Waals surface area contributed by atoms with Crippen LogP contribution < -0.4 is 10.6 Å². The molecule has 1 heterocycles. The molecule has 2 amide bonds. The molecule has 1 atom stereocenters. The van der Waals surface area contributed by atoms with Crippen molar-refractivity contribution in [2.75, 3.05) is 25.0 Å². The van der Waals surface area contributed by atoms with Crippen molar-refractivity contribution in [2.45, 2.75) is 19.4 Å². The standard InChI is InChI=1S/C14H18FN3O2/c1-10-14(20)18(8-2-7-16-10)9-13(19)17-12-5-3-11(15)4-6-12/h3-6,10,16H,2,7-9H2,1H3,(H,17,19). The number of anilines is 1. The first-order valence-electron chi connectivity index (χ1n) is 6.64. The zero-order chi connectivity index (χ0) is 14.5. The highest BCUT2D eigenvalue weighted by Crippen LogP contribution is 2.09. The fraction of sp³-hybridized carbons (Fsp3) is 0.429. The van der Waals surface area contributed by atoms with Gasteiger partial charge in [-0.2, -0.15) is 0 Å². The number of benzene rings is 1. The quantitative estimate of drug-likeness (QED) is 0.867. The summed E-state index contributed by atoms with van der Waals surface area (Å²) < 4.78 is 12.8. The van der Waals surface area contributed by atoms with Gasteiger partial charge in [-0.15, -0.1) is 0 Å². The first-order chi connectivity index (χ1) is 9.56. The van der Waals surface area contributed by atoms with Gasteiger partial charge in [0.15, 0.2) is 0 Å². The van der Waals surface area contributed by atoms with E-state index in [1.54, 1.807) is 11.8 Å². The minimum Gasteiger partial charge on any atom is -0.332 e. The Labute approximate surface area is 117 Å². The lowest BCUT2D eigenvalue weighted by molar-refractivity contribution is -0.135. The number of carbonyl (C=O) groups is 2. The molecule has 6 heteroatoms. The molecule has 0 aliphatic carbocycles. The molecule has 2 N–H and O–H groups in total. The molecule has 0 radical (unpaired) electrons. The lowest BCUT2D eigenvalue weighted by atomic mass is 10.3. The summed E-state index contributed by atoms with van der Waals surface area (Å²) in [5.41, 5.74) is 0.518. The first kappa shape index (κ1) is 14.5. The number of hydrogen-bond donors (Lipinski definition) is 2. The molecule has 1 unspecified atom stereocenters. The summed E-state index contributed by atoms with van der Waals surface area (Å²) in [5, 5.41) is 5.74. The van der Waals surface area contributed by atoms with E-state index in [-0.39, 0.29) is 30.2 Å². The number of hydrogen-bond acceptors (Lipinski definition) is 3. The highest BCUT2D eigenvalue weighted by molar-refractivity contribution is 5.95. The van der Waals surface area contributed by atoms with Gasteiger partial charge in [-0.3, -0.25) is 9.59 Å². The smallest absolute Gasteiger partial charge is 0.243 e. The highest BCUT2D eigenvalue weighted by atomic mass is 19.1. The number of carbonyl (C=O) groups excluding carboxylic acids is 2. The van der Waals surface area contributed by atoms with Crippen LogP contribution in [-0.4, -0.2) is 42.4 Å². The zero-order valence-electron chi connectivity index (χ0n) is 11.4. The first-order valence-corrected chi connectivity index (χ1v) is 6.64. The molecule has 0 saturated carbocycles. The lowest BCUT2D eigenvalue weighted by Crippen LogP contribution is -2.44. The summed E-state index contributed by atoms with van der Waals surface area (Å²) in [6, 6.07) is 5.26. The molecule has 1 saturated heterocycles. The Morgan fingerprint density at radius 3 is 2.85 bits per heavy atom. The van der Waals surface area contributed by atoms with E-state index in [1.807, 2.05) is 0 Å². The van der Waals surface area contributed by atoms with Crippen molar-refractivity contribution in [2.24, 2.45) is 0 Å². The molecular weight excluding hydrogens is 261 g/mol. The third-order valence-corrected chi connectivity index (χ3v) is 3.20. The maximum Gasteiger partial charge on any atom is 0.243 e. The van der Waals surface area contributed by atoms with Crippen LogP contribution in [0.3, 0.4) is 0 Å². The summed E-state index contributed by atoms with van der Waals surface area (Å²) in [7, 11) is 0. The fourth-order valence-electron chi connectivity index (χ4n) is 2.12. The van der Waals surface area contributed by atoms with Crippen LogP contribution in [0.5, 0.6) is 0 Å². The topological polar surface area (TPSA) is 61.4 Å². The lowest BCUT2D eigenvalue weighted by Gasteiger charge is -2.22. The van der Waals surface area contributed by atoms with Crippen molar-refractivity contribution in [3.05, 3.63) is 30.1 Å². The molecule has 1 aromatic rings. The van der Waals surface area contributed by atoms with Gasteiger partial charge < -0.3 is 15.5 Å². The minimum absolute atomic E-state index is 0.0161. The van der Waals surface area contributed by atoms with Crippen LogP contribution >= 0.6 is 0 Å². The molecule has 1 fully saturated rings. The molecule has 2 rings (SSSR count). The highest BCUT2D eigenvalue weighted by Gasteiger charge is 2.24. The van der Waals surface area contributed by atoms with Crippen LogP contribution in [0.2, 0.25) is 0 Å². The monoisotopic (exact) mass is 279 g/mol. The normalized spacial score (nSPS) is 19.6. The van der Waals surface area contributed by atoms with E-state index in [4.69, 9.17) is 0 Å². The van der Waals surface area contributed by atoms with E-state index in [0.29, 0.717) is 12.2 Å². The SMILES string of the molecule is CC1NCCCN(CC(=O)Nc2ccc(F)cc2)C1=O. The minimum atomic E-state index is -0.356. The summed E-state index contributed by atoms with van der Waals surface area (Å²) in [6.07, 6.45) is 0.819. The summed E-state index contributed by atoms with van der Waals surface area (Å²) in [6.45, 7) is 3.14. The Morgan fingerprint density at radius 1 is 1.45 bits per heavy atom. The van der Waals surface area contributed by atoms with E-state index in [1.165, 1.54) is 24.3 Å². The van der Waals surface area contributed by atoms with Crippen molar-refractivity contribution in [3.8, 4) is 0 Å². The Bertz CT molecular complexity index is 490. The van der Waals surface area contributed by atoms with Gasteiger partial charge in [0, 0.05) is 12.2 Å². The van der Waals surface area contributed by atoms with Gasteiger partial charge in [0.25, 0.3) is 0 Å². The van der Waals surface area contributed by atoms with Crippen molar-refractivity contribution >= 4 is 17.5 Å². The number of halogens is 1. The van der Waals surface area contributed by atoms with Crippen LogP contribution in [0.1, 0.15) is 13.3 Å². The van der Waals surface area contributed by atoms with Crippen LogP contribution in [0, 0.1) is 5.82 Å². The Kier molecular flexibility index (Phi) is 4.68. The van der Waals surface area contributed by atoms with Crippen LogP contribution in [0.25, 0.3) is 0 Å². The largest absolute Gasteiger partial charge is 0.332 e. The summed E-state index contributed by atoms with van der Waals surface area (Å²) in [4.78, 5) is 25.5. The average molecular weight is 279 g/mol. The Morgan fingerprint density at radius 2 is 2.15 bits per heavy atom. The van der Waals surface area contributed by atoms with Gasteiger partial charge in [0.1, 0.15) is 5.82 Å². The molecule has 0 bridgehead atoms. The van der Waals surface area contributed by atoms with Crippen molar-refractivity contribution in [1.29, 1.82) is 0 Å². The molecule has 1 aliphatic heterocycles. The molecule has 108 valence electrons. The summed E-state index contributed by atoms with van der Waals surface area (Å²) >= 11 is 0. The predicted molar refractivity (Wildman–Crippen MR) is 73.7 cm³/mol. The number of nitrogens with zero attached hydrogens (tertiary/aromatic N) is 1. The van der Waals surface area contributed by atoms with Gasteiger partial charge in [-0.05, 0) is 44.2 Å². The molecule has 20 heavy (non-hydrogen) atoms. The van der Waals surface area contributed by atoms with Crippen LogP contribution in [0.4, 0.5) is 10.1 Å². The van der Waals surface area contributed by atoms with E-state index < -0.39 is 0 Å². The Hall–Kier alpha value is -1.95. The van der Waals surface area contributed by atoms with Crippen molar-refractivity contribution in [1.82, 2.24) is 10.2 Å². The van der Waals surface area contributed by atoms with Gasteiger partial charge in [0.2, 0.25) is 11.8 Å². The fourth-order valence-corrected chi connectivity index (χ4v) is 2.12. The predicted octanol–water partition coefficient (Wildman–Crippen LogP) is 0.975. The Balaban J connectivity index is 1.93. The second-order valence-corrected chi connectivity index (χ2v) is 4.84. The average Bonchev–Trinajstić information content (AvgIpc) is 2.57. The molecule has 0 aromatic heterocycles. The van der Waals surface area contributed by atoms with Gasteiger partial charge in [-0.25, -0.2) is 4.39 Å². The molecule has 1 aromatic carbocycles. The van der Waals surface area contributed by atoms with Crippen LogP contribution in [-0.2, 0) is 9.59 Å². The number of rotatable bonds is 3. The number of amides is 2. The maximum atomic E-state index is 12.8. The van der Waals surface area contributed by atoms with Crippen molar-refractivity contribution in [3.63, 3.8) is 0 Å². The van der Waals surface area contributed by atoms with Gasteiger partial charge in [0.05, 0.1) is 12.6 Å². The van der Waals surface area contributed by atoms with E-state index >= 15 is 0 Å². The molecule has 5 nitrogen and oxygen atoms in total. The molecule has 1 aliphatic rings. The zero-order valence-corrected chi connectivity index (χ0v) is 11.4. The van der Waals surface area contributed by atoms with Gasteiger partial charge in [-0.1, -0.05) is 0 Å². The van der Waals surface area contributed by atoms with Gasteiger partial charge >= 0.3 is 0 Å². The third kappa shape index (κ3) is 3.77. The van der Waals surface area contributed by atoms with E-state index in [9.17, 15) is 14.0 Å². The van der Waals surface area contributed by atoms with Crippen molar-refractivity contribution < 1.29 is 14.0 Å². The number of nitrogens with one attached hydrogen (secondary N) is 2. The molecule has 0 spiro atoms. The third-order valence-electron chi connectivity index (χ3n) is 3.20. The van der Waals surface area contributed by atoms with E-state index in [2.05, 4.69) is 10.6 Å².